The third kappa shape index (κ3) is 4.47. The fourth-order valence-corrected chi connectivity index (χ4v) is 2.00. The second-order valence-electron chi connectivity index (χ2n) is 5.80. The maximum absolute atomic E-state index is 12.2. The van der Waals surface area contributed by atoms with E-state index in [1.165, 1.54) is 0 Å². The van der Waals surface area contributed by atoms with Crippen molar-refractivity contribution in [1.29, 1.82) is 0 Å². The first-order chi connectivity index (χ1) is 8.74. The van der Waals surface area contributed by atoms with Gasteiger partial charge in [-0.1, -0.05) is 6.07 Å². The number of benzene rings is 1. The molecule has 1 amide bonds. The van der Waals surface area contributed by atoms with Gasteiger partial charge in [0.25, 0.3) is 0 Å². The molecule has 4 nitrogen and oxygen atoms in total. The first-order valence-electron chi connectivity index (χ1n) is 6.69. The van der Waals surface area contributed by atoms with Gasteiger partial charge in [-0.15, -0.1) is 0 Å². The zero-order chi connectivity index (χ0) is 14.6. The number of hydrogen-bond donors (Lipinski definition) is 2. The Morgan fingerprint density at radius 2 is 2.05 bits per heavy atom. The molecular formula is C15H25N3O. The van der Waals surface area contributed by atoms with E-state index in [4.69, 9.17) is 5.73 Å². The van der Waals surface area contributed by atoms with Crippen LogP contribution in [0.1, 0.15) is 34.6 Å². The van der Waals surface area contributed by atoms with Gasteiger partial charge in [0.2, 0.25) is 5.91 Å². The van der Waals surface area contributed by atoms with Crippen LogP contribution in [0.25, 0.3) is 0 Å². The molecule has 0 aliphatic rings. The number of anilines is 2. The Balaban J connectivity index is 2.88. The standard InChI is InChI=1S/C15H25N3O/c1-6-18(13-9-7-8-12(16)10-13)11(2)14(19)17-15(3,4)5/h7-11H,6,16H2,1-5H3,(H,17,19). The minimum Gasteiger partial charge on any atom is -0.399 e. The van der Waals surface area contributed by atoms with E-state index in [2.05, 4.69) is 5.32 Å². The van der Waals surface area contributed by atoms with Gasteiger partial charge in [0.1, 0.15) is 6.04 Å². The fraction of sp³-hybridized carbons (Fsp3) is 0.533. The molecule has 0 aliphatic carbocycles. The highest BCUT2D eigenvalue weighted by atomic mass is 16.2. The molecule has 3 N–H and O–H groups in total. The molecule has 1 rings (SSSR count). The number of nitrogen functional groups attached to an aromatic ring is 1. The smallest absolute Gasteiger partial charge is 0.242 e. The van der Waals surface area contributed by atoms with Crippen molar-refractivity contribution in [2.45, 2.75) is 46.2 Å². The molecule has 1 aromatic carbocycles. The van der Waals surface area contributed by atoms with Gasteiger partial charge in [-0.3, -0.25) is 4.79 Å². The van der Waals surface area contributed by atoms with Crippen LogP contribution < -0.4 is 16.0 Å². The summed E-state index contributed by atoms with van der Waals surface area (Å²) < 4.78 is 0. The third-order valence-corrected chi connectivity index (χ3v) is 2.89. The highest BCUT2D eigenvalue weighted by Gasteiger charge is 2.24. The number of likely N-dealkylation sites (N-methyl/N-ethyl adjacent to an activating group) is 1. The van der Waals surface area contributed by atoms with Gasteiger partial charge < -0.3 is 16.0 Å². The lowest BCUT2D eigenvalue weighted by Crippen LogP contribution is -2.51. The third-order valence-electron chi connectivity index (χ3n) is 2.89. The zero-order valence-corrected chi connectivity index (χ0v) is 12.5. The minimum atomic E-state index is -0.231. The van der Waals surface area contributed by atoms with E-state index >= 15 is 0 Å². The zero-order valence-electron chi connectivity index (χ0n) is 12.5. The summed E-state index contributed by atoms with van der Waals surface area (Å²) in [5, 5.41) is 3.01. The molecule has 0 saturated heterocycles. The van der Waals surface area contributed by atoms with Crippen molar-refractivity contribution in [2.24, 2.45) is 0 Å². The summed E-state index contributed by atoms with van der Waals surface area (Å²) in [5.41, 5.74) is 7.26. The minimum absolute atomic E-state index is 0.0248. The van der Waals surface area contributed by atoms with Crippen molar-refractivity contribution in [3.05, 3.63) is 24.3 Å². The maximum atomic E-state index is 12.2. The predicted molar refractivity (Wildman–Crippen MR) is 81.2 cm³/mol. The van der Waals surface area contributed by atoms with Crippen molar-refractivity contribution in [1.82, 2.24) is 5.32 Å². The summed E-state index contributed by atoms with van der Waals surface area (Å²) in [6.45, 7) is 10.6. The Bertz CT molecular complexity index is 437. The Kier molecular flexibility index (Phi) is 4.81. The van der Waals surface area contributed by atoms with Crippen molar-refractivity contribution < 1.29 is 4.79 Å². The largest absolute Gasteiger partial charge is 0.399 e. The second-order valence-corrected chi connectivity index (χ2v) is 5.80. The van der Waals surface area contributed by atoms with E-state index in [9.17, 15) is 4.79 Å². The van der Waals surface area contributed by atoms with E-state index < -0.39 is 0 Å². The van der Waals surface area contributed by atoms with Crippen LogP contribution in [0.4, 0.5) is 11.4 Å². The van der Waals surface area contributed by atoms with E-state index in [-0.39, 0.29) is 17.5 Å². The van der Waals surface area contributed by atoms with Crippen molar-refractivity contribution in [3.63, 3.8) is 0 Å². The molecule has 1 unspecified atom stereocenters. The summed E-state index contributed by atoms with van der Waals surface area (Å²) in [5.74, 6) is 0.0248. The highest BCUT2D eigenvalue weighted by molar-refractivity contribution is 5.85. The number of carbonyl (C=O) groups excluding carboxylic acids is 1. The van der Waals surface area contributed by atoms with Crippen molar-refractivity contribution >= 4 is 17.3 Å². The van der Waals surface area contributed by atoms with Crippen LogP contribution in [-0.2, 0) is 4.79 Å². The van der Waals surface area contributed by atoms with Gasteiger partial charge in [-0.25, -0.2) is 0 Å². The quantitative estimate of drug-likeness (QED) is 0.820. The normalized spacial score (nSPS) is 12.9. The maximum Gasteiger partial charge on any atom is 0.242 e. The van der Waals surface area contributed by atoms with Crippen LogP contribution in [0.2, 0.25) is 0 Å². The Morgan fingerprint density at radius 3 is 2.53 bits per heavy atom. The molecule has 1 atom stereocenters. The Morgan fingerprint density at radius 1 is 1.42 bits per heavy atom. The van der Waals surface area contributed by atoms with Crippen molar-refractivity contribution in [2.75, 3.05) is 17.2 Å². The van der Waals surface area contributed by atoms with Crippen molar-refractivity contribution in [3.8, 4) is 0 Å². The molecule has 4 heteroatoms. The fourth-order valence-electron chi connectivity index (χ4n) is 2.00. The molecule has 0 aliphatic heterocycles. The van der Waals surface area contributed by atoms with Gasteiger partial charge in [-0.05, 0) is 52.8 Å². The predicted octanol–water partition coefficient (Wildman–Crippen LogP) is 2.40. The molecule has 0 spiro atoms. The lowest BCUT2D eigenvalue weighted by molar-refractivity contribution is -0.123. The number of hydrogen-bond acceptors (Lipinski definition) is 3. The topological polar surface area (TPSA) is 58.4 Å². The van der Waals surface area contributed by atoms with Gasteiger partial charge in [0.15, 0.2) is 0 Å². The average Bonchev–Trinajstić information content (AvgIpc) is 2.27. The molecule has 106 valence electrons. The monoisotopic (exact) mass is 263 g/mol. The molecule has 0 aromatic heterocycles. The Hall–Kier alpha value is -1.71. The van der Waals surface area contributed by atoms with Crippen LogP contribution in [0.3, 0.4) is 0 Å². The average molecular weight is 263 g/mol. The molecule has 0 fully saturated rings. The molecule has 0 heterocycles. The van der Waals surface area contributed by atoms with Gasteiger partial charge in [-0.2, -0.15) is 0 Å². The lowest BCUT2D eigenvalue weighted by atomic mass is 10.1. The SMILES string of the molecule is CCN(c1cccc(N)c1)C(C)C(=O)NC(C)(C)C. The van der Waals surface area contributed by atoms with E-state index in [1.54, 1.807) is 0 Å². The number of nitrogens with zero attached hydrogens (tertiary/aromatic N) is 1. The van der Waals surface area contributed by atoms with Gasteiger partial charge in [0.05, 0.1) is 0 Å². The summed E-state index contributed by atoms with van der Waals surface area (Å²) in [7, 11) is 0. The van der Waals surface area contributed by atoms with E-state index in [0.717, 1.165) is 12.2 Å². The first kappa shape index (κ1) is 15.3. The number of nitrogens with two attached hydrogens (primary N) is 1. The summed E-state index contributed by atoms with van der Waals surface area (Å²) in [4.78, 5) is 14.3. The second kappa shape index (κ2) is 5.95. The Labute approximate surface area is 116 Å². The molecule has 0 bridgehead atoms. The first-order valence-corrected chi connectivity index (χ1v) is 6.69. The van der Waals surface area contributed by atoms with Crippen LogP contribution in [0.15, 0.2) is 24.3 Å². The molecule has 0 saturated carbocycles. The molecule has 19 heavy (non-hydrogen) atoms. The van der Waals surface area contributed by atoms with Crippen LogP contribution in [0.5, 0.6) is 0 Å². The highest BCUT2D eigenvalue weighted by Crippen LogP contribution is 2.20. The number of carbonyl (C=O) groups is 1. The number of rotatable bonds is 4. The summed E-state index contributed by atoms with van der Waals surface area (Å²) >= 11 is 0. The summed E-state index contributed by atoms with van der Waals surface area (Å²) in [6, 6.07) is 7.38. The number of amides is 1. The van der Waals surface area contributed by atoms with Gasteiger partial charge >= 0.3 is 0 Å². The van der Waals surface area contributed by atoms with Crippen LogP contribution in [0, 0.1) is 0 Å². The molecule has 1 aromatic rings. The van der Waals surface area contributed by atoms with E-state index in [0.29, 0.717) is 5.69 Å². The van der Waals surface area contributed by atoms with Crippen LogP contribution in [-0.4, -0.2) is 24.0 Å². The number of nitrogens with one attached hydrogen (secondary N) is 1. The molecule has 0 radical (unpaired) electrons. The van der Waals surface area contributed by atoms with Gasteiger partial charge in [0, 0.05) is 23.5 Å². The molecular weight excluding hydrogens is 238 g/mol. The van der Waals surface area contributed by atoms with E-state index in [1.807, 2.05) is 63.8 Å². The van der Waals surface area contributed by atoms with Crippen LogP contribution >= 0.6 is 0 Å². The summed E-state index contributed by atoms with van der Waals surface area (Å²) in [6.07, 6.45) is 0. The lowest BCUT2D eigenvalue weighted by Gasteiger charge is -2.32.